The molecule has 1 aliphatic heterocycles. The number of aromatic nitrogens is 4. The number of halogens is 1. The standard InChI is InChI=1S/C20H20ClN5O3/c1-2-28-20(27)14-4-3-11-26(12-14)17-10-9-16(23-24-17)19-22-18(25-29-19)13-5-7-15(21)8-6-13/h5-10,14H,2-4,11-12H2,1H3/t14-/m0/s1. The van der Waals surface area contributed by atoms with Gasteiger partial charge in [0.25, 0.3) is 5.89 Å². The molecule has 0 radical (unpaired) electrons. The summed E-state index contributed by atoms with van der Waals surface area (Å²) in [5, 5.41) is 13.2. The lowest BCUT2D eigenvalue weighted by Gasteiger charge is -2.31. The maximum absolute atomic E-state index is 12.0. The fourth-order valence-electron chi connectivity index (χ4n) is 3.29. The average molecular weight is 414 g/mol. The minimum Gasteiger partial charge on any atom is -0.466 e. The third-order valence-electron chi connectivity index (χ3n) is 4.76. The first kappa shape index (κ1) is 19.3. The van der Waals surface area contributed by atoms with Gasteiger partial charge in [0.2, 0.25) is 5.82 Å². The zero-order valence-corrected chi connectivity index (χ0v) is 16.7. The highest BCUT2D eigenvalue weighted by molar-refractivity contribution is 6.30. The summed E-state index contributed by atoms with van der Waals surface area (Å²) in [7, 11) is 0. The van der Waals surface area contributed by atoms with E-state index in [1.165, 1.54) is 0 Å². The summed E-state index contributed by atoms with van der Waals surface area (Å²) >= 11 is 5.91. The van der Waals surface area contributed by atoms with E-state index in [4.69, 9.17) is 20.9 Å². The molecule has 0 bridgehead atoms. The van der Waals surface area contributed by atoms with E-state index < -0.39 is 0 Å². The second kappa shape index (κ2) is 8.57. The van der Waals surface area contributed by atoms with Crippen molar-refractivity contribution in [2.75, 3.05) is 24.6 Å². The monoisotopic (exact) mass is 413 g/mol. The van der Waals surface area contributed by atoms with Crippen LogP contribution in [0.3, 0.4) is 0 Å². The van der Waals surface area contributed by atoms with Gasteiger partial charge in [0, 0.05) is 23.7 Å². The third-order valence-corrected chi connectivity index (χ3v) is 5.02. The Kier molecular flexibility index (Phi) is 5.71. The zero-order valence-electron chi connectivity index (χ0n) is 15.9. The fraction of sp³-hybridized carbons (Fsp3) is 0.350. The topological polar surface area (TPSA) is 94.2 Å². The van der Waals surface area contributed by atoms with Crippen molar-refractivity contribution in [3.05, 3.63) is 41.4 Å². The molecule has 1 saturated heterocycles. The van der Waals surface area contributed by atoms with Crippen LogP contribution in [0.2, 0.25) is 5.02 Å². The number of hydrogen-bond acceptors (Lipinski definition) is 8. The molecule has 9 heteroatoms. The van der Waals surface area contributed by atoms with E-state index in [1.54, 1.807) is 18.2 Å². The van der Waals surface area contributed by atoms with E-state index in [0.717, 1.165) is 24.9 Å². The van der Waals surface area contributed by atoms with E-state index >= 15 is 0 Å². The van der Waals surface area contributed by atoms with Crippen molar-refractivity contribution in [2.24, 2.45) is 5.92 Å². The minimum absolute atomic E-state index is 0.136. The first-order chi connectivity index (χ1) is 14.1. The molecule has 2 aromatic heterocycles. The molecule has 3 aromatic rings. The highest BCUT2D eigenvalue weighted by Crippen LogP contribution is 2.25. The molecule has 0 spiro atoms. The number of nitrogens with zero attached hydrogens (tertiary/aromatic N) is 5. The van der Waals surface area contributed by atoms with Crippen molar-refractivity contribution in [3.63, 3.8) is 0 Å². The van der Waals surface area contributed by atoms with Gasteiger partial charge < -0.3 is 14.2 Å². The number of carbonyl (C=O) groups is 1. The fourth-order valence-corrected chi connectivity index (χ4v) is 3.42. The SMILES string of the molecule is CCOC(=O)[C@H]1CCCN(c2ccc(-c3nc(-c4ccc(Cl)cc4)no3)nn2)C1. The number of piperidine rings is 1. The molecule has 8 nitrogen and oxygen atoms in total. The summed E-state index contributed by atoms with van der Waals surface area (Å²) in [5.74, 6) is 1.17. The number of carbonyl (C=O) groups excluding carboxylic acids is 1. The van der Waals surface area contributed by atoms with Crippen LogP contribution in [0.1, 0.15) is 19.8 Å². The van der Waals surface area contributed by atoms with Crippen molar-refractivity contribution in [2.45, 2.75) is 19.8 Å². The van der Waals surface area contributed by atoms with Gasteiger partial charge in [-0.3, -0.25) is 4.79 Å². The van der Waals surface area contributed by atoms with Crippen LogP contribution in [0.4, 0.5) is 5.82 Å². The largest absolute Gasteiger partial charge is 0.466 e. The van der Waals surface area contributed by atoms with Crippen LogP contribution in [0.25, 0.3) is 23.0 Å². The maximum Gasteiger partial charge on any atom is 0.310 e. The van der Waals surface area contributed by atoms with E-state index in [1.807, 2.05) is 25.1 Å². The van der Waals surface area contributed by atoms with E-state index in [9.17, 15) is 4.79 Å². The van der Waals surface area contributed by atoms with Crippen molar-refractivity contribution in [3.8, 4) is 23.0 Å². The predicted octanol–water partition coefficient (Wildman–Crippen LogP) is 3.63. The van der Waals surface area contributed by atoms with Crippen LogP contribution in [0.5, 0.6) is 0 Å². The van der Waals surface area contributed by atoms with Gasteiger partial charge in [0.15, 0.2) is 11.5 Å². The summed E-state index contributed by atoms with van der Waals surface area (Å²) in [6.45, 7) is 3.62. The molecule has 1 fully saturated rings. The van der Waals surface area contributed by atoms with E-state index in [-0.39, 0.29) is 17.8 Å². The lowest BCUT2D eigenvalue weighted by molar-refractivity contribution is -0.148. The van der Waals surface area contributed by atoms with Crippen LogP contribution < -0.4 is 4.90 Å². The van der Waals surface area contributed by atoms with Crippen LogP contribution in [0.15, 0.2) is 40.9 Å². The highest BCUT2D eigenvalue weighted by Gasteiger charge is 2.27. The van der Waals surface area contributed by atoms with E-state index in [0.29, 0.717) is 35.5 Å². The summed E-state index contributed by atoms with van der Waals surface area (Å²) in [6, 6.07) is 10.8. The van der Waals surface area contributed by atoms with Gasteiger partial charge in [-0.05, 0) is 56.2 Å². The van der Waals surface area contributed by atoms with E-state index in [2.05, 4.69) is 25.2 Å². The smallest absolute Gasteiger partial charge is 0.310 e. The first-order valence-corrected chi connectivity index (χ1v) is 9.87. The molecule has 0 amide bonds. The van der Waals surface area contributed by atoms with Gasteiger partial charge in [-0.25, -0.2) is 0 Å². The molecule has 4 rings (SSSR count). The van der Waals surface area contributed by atoms with Gasteiger partial charge in [-0.1, -0.05) is 16.8 Å². The Bertz CT molecular complexity index is 975. The predicted molar refractivity (Wildman–Crippen MR) is 107 cm³/mol. The lowest BCUT2D eigenvalue weighted by Crippen LogP contribution is -2.39. The zero-order chi connectivity index (χ0) is 20.2. The molecular weight excluding hydrogens is 394 g/mol. The summed E-state index contributed by atoms with van der Waals surface area (Å²) < 4.78 is 10.5. The second-order valence-electron chi connectivity index (χ2n) is 6.74. The summed E-state index contributed by atoms with van der Waals surface area (Å²) in [5.41, 5.74) is 1.28. The molecule has 1 aliphatic rings. The van der Waals surface area contributed by atoms with Crippen molar-refractivity contribution in [1.82, 2.24) is 20.3 Å². The minimum atomic E-state index is -0.151. The Morgan fingerprint density at radius 1 is 1.24 bits per heavy atom. The van der Waals surface area contributed by atoms with Gasteiger partial charge in [-0.15, -0.1) is 10.2 Å². The van der Waals surface area contributed by atoms with Crippen molar-refractivity contribution >= 4 is 23.4 Å². The Labute approximate surface area is 172 Å². The molecule has 1 aromatic carbocycles. The molecule has 150 valence electrons. The Balaban J connectivity index is 1.47. The quantitative estimate of drug-likeness (QED) is 0.585. The third kappa shape index (κ3) is 4.37. The number of anilines is 1. The molecule has 1 atom stereocenters. The molecule has 3 heterocycles. The average Bonchev–Trinajstić information content (AvgIpc) is 3.25. The van der Waals surface area contributed by atoms with Crippen LogP contribution in [-0.4, -0.2) is 46.0 Å². The number of esters is 1. The van der Waals surface area contributed by atoms with Gasteiger partial charge in [0.1, 0.15) is 0 Å². The molecular formula is C20H20ClN5O3. The lowest BCUT2D eigenvalue weighted by atomic mass is 9.98. The molecule has 0 N–H and O–H groups in total. The summed E-state index contributed by atoms with van der Waals surface area (Å²) in [6.07, 6.45) is 1.73. The first-order valence-electron chi connectivity index (χ1n) is 9.49. The van der Waals surface area contributed by atoms with Gasteiger partial charge >= 0.3 is 5.97 Å². The van der Waals surface area contributed by atoms with Gasteiger partial charge in [0.05, 0.1) is 12.5 Å². The Morgan fingerprint density at radius 2 is 2.07 bits per heavy atom. The molecule has 29 heavy (non-hydrogen) atoms. The number of hydrogen-bond donors (Lipinski definition) is 0. The number of benzene rings is 1. The molecule has 0 unspecified atom stereocenters. The molecule has 0 aliphatic carbocycles. The van der Waals surface area contributed by atoms with Crippen LogP contribution >= 0.6 is 11.6 Å². The Hall–Kier alpha value is -3.00. The Morgan fingerprint density at radius 3 is 2.79 bits per heavy atom. The highest BCUT2D eigenvalue weighted by atomic mass is 35.5. The normalized spacial score (nSPS) is 16.6. The second-order valence-corrected chi connectivity index (χ2v) is 7.18. The molecule has 0 saturated carbocycles. The van der Waals surface area contributed by atoms with Crippen LogP contribution in [-0.2, 0) is 9.53 Å². The van der Waals surface area contributed by atoms with Crippen molar-refractivity contribution in [1.29, 1.82) is 0 Å². The summed E-state index contributed by atoms with van der Waals surface area (Å²) in [4.78, 5) is 18.5. The maximum atomic E-state index is 12.0. The number of rotatable bonds is 5. The van der Waals surface area contributed by atoms with Gasteiger partial charge in [-0.2, -0.15) is 4.98 Å². The van der Waals surface area contributed by atoms with Crippen LogP contribution in [0, 0.1) is 5.92 Å². The van der Waals surface area contributed by atoms with Crippen molar-refractivity contribution < 1.29 is 14.1 Å². The number of ether oxygens (including phenoxy) is 1.